The number of hydrogen-bond donors (Lipinski definition) is 0. The van der Waals surface area contributed by atoms with Gasteiger partial charge in [-0.1, -0.05) is 30.3 Å². The lowest BCUT2D eigenvalue weighted by Crippen LogP contribution is -1.93. The summed E-state index contributed by atoms with van der Waals surface area (Å²) in [6.07, 6.45) is 3.23. The van der Waals surface area contributed by atoms with Crippen molar-refractivity contribution in [1.82, 2.24) is 14.9 Å². The Balaban J connectivity index is 1.91. The summed E-state index contributed by atoms with van der Waals surface area (Å²) in [5, 5.41) is 12.2. The number of benzene rings is 2. The standard InChI is InChI=1S/C15H11FN4/c16-14-8-6-13(7-9-14)15-19-17-11-20(15)18-10-12-4-2-1-3-5-12/h1-11H. The Morgan fingerprint density at radius 1 is 1.00 bits per heavy atom. The van der Waals surface area contributed by atoms with Crippen LogP contribution in [0.4, 0.5) is 4.39 Å². The summed E-state index contributed by atoms with van der Waals surface area (Å²) in [7, 11) is 0. The molecule has 98 valence electrons. The maximum Gasteiger partial charge on any atom is 0.184 e. The topological polar surface area (TPSA) is 43.1 Å². The zero-order valence-corrected chi connectivity index (χ0v) is 10.5. The lowest BCUT2D eigenvalue weighted by atomic mass is 10.2. The van der Waals surface area contributed by atoms with Crippen LogP contribution < -0.4 is 0 Å². The molecule has 1 aromatic heterocycles. The van der Waals surface area contributed by atoms with E-state index in [4.69, 9.17) is 0 Å². The number of halogens is 1. The Bertz CT molecular complexity index is 717. The molecule has 0 bridgehead atoms. The second-order valence-electron chi connectivity index (χ2n) is 4.16. The van der Waals surface area contributed by atoms with E-state index < -0.39 is 0 Å². The van der Waals surface area contributed by atoms with Crippen molar-refractivity contribution < 1.29 is 4.39 Å². The minimum Gasteiger partial charge on any atom is -0.207 e. The average Bonchev–Trinajstić information content (AvgIpc) is 2.95. The van der Waals surface area contributed by atoms with Crippen LogP contribution in [-0.4, -0.2) is 21.1 Å². The van der Waals surface area contributed by atoms with Crippen molar-refractivity contribution in [2.24, 2.45) is 5.10 Å². The van der Waals surface area contributed by atoms with Gasteiger partial charge in [0.25, 0.3) is 0 Å². The first-order chi connectivity index (χ1) is 9.83. The van der Waals surface area contributed by atoms with Crippen molar-refractivity contribution >= 4 is 6.21 Å². The van der Waals surface area contributed by atoms with Gasteiger partial charge in [-0.05, 0) is 29.8 Å². The molecule has 3 aromatic rings. The highest BCUT2D eigenvalue weighted by molar-refractivity contribution is 5.79. The van der Waals surface area contributed by atoms with Crippen LogP contribution in [0, 0.1) is 5.82 Å². The SMILES string of the molecule is Fc1ccc(-c2nncn2N=Cc2ccccc2)cc1. The molecule has 0 saturated heterocycles. The summed E-state index contributed by atoms with van der Waals surface area (Å²) in [6, 6.07) is 15.8. The summed E-state index contributed by atoms with van der Waals surface area (Å²) < 4.78 is 14.5. The molecule has 1 heterocycles. The Morgan fingerprint density at radius 3 is 2.50 bits per heavy atom. The summed E-state index contributed by atoms with van der Waals surface area (Å²) in [6.45, 7) is 0. The van der Waals surface area contributed by atoms with E-state index in [1.807, 2.05) is 30.3 Å². The number of hydrogen-bond acceptors (Lipinski definition) is 3. The summed E-state index contributed by atoms with van der Waals surface area (Å²) in [5.41, 5.74) is 1.74. The second kappa shape index (κ2) is 5.44. The molecular weight excluding hydrogens is 255 g/mol. The van der Waals surface area contributed by atoms with Gasteiger partial charge in [-0.3, -0.25) is 0 Å². The van der Waals surface area contributed by atoms with Crippen LogP contribution in [-0.2, 0) is 0 Å². The van der Waals surface area contributed by atoms with Crippen LogP contribution in [0.3, 0.4) is 0 Å². The molecule has 20 heavy (non-hydrogen) atoms. The van der Waals surface area contributed by atoms with Crippen molar-refractivity contribution in [1.29, 1.82) is 0 Å². The van der Waals surface area contributed by atoms with E-state index in [1.165, 1.54) is 18.5 Å². The fourth-order valence-corrected chi connectivity index (χ4v) is 1.77. The average molecular weight is 266 g/mol. The van der Waals surface area contributed by atoms with Gasteiger partial charge >= 0.3 is 0 Å². The Kier molecular flexibility index (Phi) is 3.33. The fraction of sp³-hybridized carbons (Fsp3) is 0. The van der Waals surface area contributed by atoms with Gasteiger partial charge in [0.2, 0.25) is 0 Å². The molecule has 0 atom stereocenters. The fourth-order valence-electron chi connectivity index (χ4n) is 1.77. The molecule has 0 aliphatic heterocycles. The molecule has 0 fully saturated rings. The maximum absolute atomic E-state index is 12.9. The third-order valence-corrected chi connectivity index (χ3v) is 2.76. The molecule has 3 rings (SSSR count). The van der Waals surface area contributed by atoms with Crippen LogP contribution in [0.5, 0.6) is 0 Å². The predicted octanol–water partition coefficient (Wildman–Crippen LogP) is 2.97. The largest absolute Gasteiger partial charge is 0.207 e. The highest BCUT2D eigenvalue weighted by Crippen LogP contribution is 2.16. The van der Waals surface area contributed by atoms with E-state index in [0.717, 1.165) is 11.1 Å². The maximum atomic E-state index is 12.9. The van der Waals surface area contributed by atoms with E-state index in [0.29, 0.717) is 5.82 Å². The number of rotatable bonds is 3. The van der Waals surface area contributed by atoms with Gasteiger partial charge in [-0.25, -0.2) is 4.39 Å². The highest BCUT2D eigenvalue weighted by atomic mass is 19.1. The molecule has 0 unspecified atom stereocenters. The Labute approximate surface area is 115 Å². The van der Waals surface area contributed by atoms with Gasteiger partial charge in [0.05, 0.1) is 6.21 Å². The molecule has 0 aliphatic rings. The van der Waals surface area contributed by atoms with Crippen LogP contribution in [0.15, 0.2) is 66.0 Å². The first-order valence-electron chi connectivity index (χ1n) is 6.08. The van der Waals surface area contributed by atoms with Gasteiger partial charge in [-0.15, -0.1) is 10.2 Å². The van der Waals surface area contributed by atoms with Gasteiger partial charge in [0, 0.05) is 5.56 Å². The van der Waals surface area contributed by atoms with Gasteiger partial charge in [0.15, 0.2) is 5.82 Å². The highest BCUT2D eigenvalue weighted by Gasteiger charge is 2.06. The third kappa shape index (κ3) is 2.61. The van der Waals surface area contributed by atoms with Gasteiger partial charge in [-0.2, -0.15) is 9.78 Å². The number of aromatic nitrogens is 3. The molecule has 5 heteroatoms. The van der Waals surface area contributed by atoms with Crippen LogP contribution in [0.1, 0.15) is 5.56 Å². The number of nitrogens with zero attached hydrogens (tertiary/aromatic N) is 4. The zero-order valence-electron chi connectivity index (χ0n) is 10.5. The van der Waals surface area contributed by atoms with E-state index in [2.05, 4.69) is 15.3 Å². The van der Waals surface area contributed by atoms with Crippen molar-refractivity contribution in [3.63, 3.8) is 0 Å². The van der Waals surface area contributed by atoms with Crippen molar-refractivity contribution in [3.05, 3.63) is 72.3 Å². The predicted molar refractivity (Wildman–Crippen MR) is 74.9 cm³/mol. The quantitative estimate of drug-likeness (QED) is 0.684. The minimum absolute atomic E-state index is 0.285. The van der Waals surface area contributed by atoms with E-state index in [1.54, 1.807) is 23.0 Å². The molecule has 0 amide bonds. The monoisotopic (exact) mass is 266 g/mol. The Hall–Kier alpha value is -2.82. The minimum atomic E-state index is -0.285. The normalized spacial score (nSPS) is 11.1. The summed E-state index contributed by atoms with van der Waals surface area (Å²) >= 11 is 0. The summed E-state index contributed by atoms with van der Waals surface area (Å²) in [5.74, 6) is 0.282. The van der Waals surface area contributed by atoms with E-state index in [-0.39, 0.29) is 5.82 Å². The van der Waals surface area contributed by atoms with Gasteiger partial charge < -0.3 is 0 Å². The smallest absolute Gasteiger partial charge is 0.184 e. The summed E-state index contributed by atoms with van der Waals surface area (Å²) in [4.78, 5) is 0. The molecule has 0 spiro atoms. The van der Waals surface area contributed by atoms with E-state index in [9.17, 15) is 4.39 Å². The molecule has 0 radical (unpaired) electrons. The van der Waals surface area contributed by atoms with Crippen LogP contribution in [0.2, 0.25) is 0 Å². The second-order valence-corrected chi connectivity index (χ2v) is 4.16. The molecule has 4 nitrogen and oxygen atoms in total. The third-order valence-electron chi connectivity index (χ3n) is 2.76. The van der Waals surface area contributed by atoms with Crippen molar-refractivity contribution in [3.8, 4) is 11.4 Å². The first kappa shape index (κ1) is 12.2. The molecule has 0 N–H and O–H groups in total. The molecular formula is C15H11FN4. The lowest BCUT2D eigenvalue weighted by Gasteiger charge is -2.00. The zero-order chi connectivity index (χ0) is 13.8. The lowest BCUT2D eigenvalue weighted by molar-refractivity contribution is 0.628. The van der Waals surface area contributed by atoms with E-state index >= 15 is 0 Å². The molecule has 0 aliphatic carbocycles. The van der Waals surface area contributed by atoms with Crippen LogP contribution >= 0.6 is 0 Å². The van der Waals surface area contributed by atoms with Crippen molar-refractivity contribution in [2.75, 3.05) is 0 Å². The first-order valence-corrected chi connectivity index (χ1v) is 6.08. The molecule has 0 saturated carbocycles. The molecule has 2 aromatic carbocycles. The van der Waals surface area contributed by atoms with Crippen molar-refractivity contribution in [2.45, 2.75) is 0 Å². The van der Waals surface area contributed by atoms with Crippen LogP contribution in [0.25, 0.3) is 11.4 Å². The Morgan fingerprint density at radius 2 is 1.75 bits per heavy atom. The van der Waals surface area contributed by atoms with Gasteiger partial charge in [0.1, 0.15) is 12.1 Å².